The van der Waals surface area contributed by atoms with Crippen molar-refractivity contribution in [2.24, 2.45) is 0 Å². The van der Waals surface area contributed by atoms with Gasteiger partial charge in [0.25, 0.3) is 5.91 Å². The molecule has 6 rings (SSSR count). The van der Waals surface area contributed by atoms with Crippen LogP contribution < -0.4 is 20.7 Å². The van der Waals surface area contributed by atoms with Crippen molar-refractivity contribution >= 4 is 55.8 Å². The number of aromatic nitrogens is 3. The Balaban J connectivity index is 1.24. The summed E-state index contributed by atoms with van der Waals surface area (Å²) >= 11 is 1.47. The molecule has 12 heteroatoms. The molecule has 0 unspecified atom stereocenters. The van der Waals surface area contributed by atoms with Crippen LogP contribution >= 0.6 is 11.3 Å². The lowest BCUT2D eigenvalue weighted by atomic mass is 10.0. The Morgan fingerprint density at radius 1 is 1.26 bits per heavy atom. The first kappa shape index (κ1) is 28.0. The summed E-state index contributed by atoms with van der Waals surface area (Å²) in [7, 11) is 4.00. The van der Waals surface area contributed by atoms with Gasteiger partial charge in [0.1, 0.15) is 23.3 Å². The average Bonchev–Trinajstić information content (AvgIpc) is 3.69. The first-order valence-corrected chi connectivity index (χ1v) is 15.0. The summed E-state index contributed by atoms with van der Waals surface area (Å²) in [6, 6.07) is 10.0. The number of carbonyl (C=O) groups is 2. The number of rotatable bonds is 8. The number of ether oxygens (including phenoxy) is 1. The number of piperidine rings is 1. The van der Waals surface area contributed by atoms with Crippen molar-refractivity contribution < 1.29 is 14.3 Å². The summed E-state index contributed by atoms with van der Waals surface area (Å²) in [5.41, 5.74) is 9.98. The van der Waals surface area contributed by atoms with Crippen LogP contribution in [0.2, 0.25) is 0 Å². The zero-order chi connectivity index (χ0) is 29.4. The van der Waals surface area contributed by atoms with E-state index in [1.165, 1.54) is 17.7 Å². The van der Waals surface area contributed by atoms with Gasteiger partial charge >= 0.3 is 0 Å². The van der Waals surface area contributed by atoms with Crippen LogP contribution in [-0.4, -0.2) is 95.7 Å². The van der Waals surface area contributed by atoms with E-state index < -0.39 is 0 Å². The Morgan fingerprint density at radius 2 is 2.10 bits per heavy atom. The van der Waals surface area contributed by atoms with E-state index >= 15 is 0 Å². The summed E-state index contributed by atoms with van der Waals surface area (Å²) in [5, 5.41) is 8.77. The molecule has 1 saturated heterocycles. The van der Waals surface area contributed by atoms with Crippen LogP contribution in [0.15, 0.2) is 42.7 Å². The smallest absolute Gasteiger partial charge is 0.265 e. The highest BCUT2D eigenvalue weighted by molar-refractivity contribution is 7.21. The quantitative estimate of drug-likeness (QED) is 0.322. The van der Waals surface area contributed by atoms with Crippen LogP contribution in [-0.2, 0) is 4.79 Å². The lowest BCUT2D eigenvalue weighted by Gasteiger charge is -2.34. The minimum atomic E-state index is -0.117. The molecular weight excluding hydrogens is 552 g/mol. The van der Waals surface area contributed by atoms with Crippen molar-refractivity contribution in [3.05, 3.63) is 53.3 Å². The molecule has 2 aliphatic rings. The fourth-order valence-corrected chi connectivity index (χ4v) is 6.76. The Morgan fingerprint density at radius 3 is 2.88 bits per heavy atom. The van der Waals surface area contributed by atoms with E-state index in [2.05, 4.69) is 37.3 Å². The Bertz CT molecular complexity index is 1680. The fourth-order valence-electron chi connectivity index (χ4n) is 5.71. The minimum absolute atomic E-state index is 0.0379. The van der Waals surface area contributed by atoms with Gasteiger partial charge in [-0.05, 0) is 50.7 Å². The van der Waals surface area contributed by atoms with Crippen LogP contribution in [0.1, 0.15) is 35.1 Å². The zero-order valence-corrected chi connectivity index (χ0v) is 25.0. The second-order valence-corrected chi connectivity index (χ2v) is 12.2. The van der Waals surface area contributed by atoms with Crippen LogP contribution in [0.25, 0.3) is 21.2 Å². The normalized spacial score (nSPS) is 17.3. The number of hydrogen-bond acceptors (Lipinski definition) is 9. The van der Waals surface area contributed by atoms with Gasteiger partial charge in [0, 0.05) is 55.8 Å². The molecule has 4 aromatic rings. The number of nitrogens with two attached hydrogens (primary N) is 1. The summed E-state index contributed by atoms with van der Waals surface area (Å²) in [6.07, 6.45) is 5.29. The van der Waals surface area contributed by atoms with Crippen molar-refractivity contribution in [1.29, 1.82) is 0 Å². The number of anilines is 2. The van der Waals surface area contributed by atoms with Gasteiger partial charge in [-0.1, -0.05) is 18.2 Å². The molecular formula is C30H36N8O3S. The standard InChI is InChI=1S/C30H36N8O3S/c1-19(39)36-12-10-20(16-36)23-15-24(26-29(31)32-18-33-38(23)26)37-11-6-7-21(17-37)34-30(40)28-27(41-14-13-35(2)3)22-8-4-5-9-25(22)42-28/h4-5,8-10,15,18,21H,6-7,11-14,16-17H2,1-3H3,(H,34,40)(H2,31,32,33)/t21-/m1/s1. The van der Waals surface area contributed by atoms with Gasteiger partial charge in [-0.3, -0.25) is 9.59 Å². The summed E-state index contributed by atoms with van der Waals surface area (Å²) in [5.74, 6) is 0.967. The molecule has 2 aliphatic heterocycles. The van der Waals surface area contributed by atoms with Crippen molar-refractivity contribution in [2.75, 3.05) is 64.1 Å². The summed E-state index contributed by atoms with van der Waals surface area (Å²) in [4.78, 5) is 36.6. The van der Waals surface area contributed by atoms with Crippen molar-refractivity contribution in [2.45, 2.75) is 25.8 Å². The number of benzene rings is 1. The van der Waals surface area contributed by atoms with Gasteiger partial charge in [0.15, 0.2) is 11.6 Å². The number of nitrogen functional groups attached to an aromatic ring is 1. The number of nitrogens with zero attached hydrogens (tertiary/aromatic N) is 6. The molecule has 0 radical (unpaired) electrons. The Hall–Kier alpha value is -4.16. The molecule has 3 N–H and O–H groups in total. The van der Waals surface area contributed by atoms with E-state index in [-0.39, 0.29) is 17.9 Å². The number of thiophene rings is 1. The highest BCUT2D eigenvalue weighted by Crippen LogP contribution is 2.38. The minimum Gasteiger partial charge on any atom is -0.490 e. The van der Waals surface area contributed by atoms with E-state index in [9.17, 15) is 9.59 Å². The lowest BCUT2D eigenvalue weighted by Crippen LogP contribution is -2.47. The number of carbonyl (C=O) groups excluding carboxylic acids is 2. The van der Waals surface area contributed by atoms with E-state index in [1.807, 2.05) is 42.9 Å². The third-order valence-electron chi connectivity index (χ3n) is 7.89. The Labute approximate surface area is 248 Å². The van der Waals surface area contributed by atoms with Crippen LogP contribution in [0.3, 0.4) is 0 Å². The van der Waals surface area contributed by atoms with Gasteiger partial charge in [-0.15, -0.1) is 11.3 Å². The predicted octanol–water partition coefficient (Wildman–Crippen LogP) is 3.11. The summed E-state index contributed by atoms with van der Waals surface area (Å²) in [6.45, 7) is 5.38. The maximum absolute atomic E-state index is 13.7. The molecule has 3 aromatic heterocycles. The SMILES string of the molecule is CC(=O)N1CC=C(c2cc(N3CCC[C@@H](NC(=O)c4sc5ccccc5c4OCCN(C)C)C3)c3c(N)ncnn23)C1. The highest BCUT2D eigenvalue weighted by atomic mass is 32.1. The topological polar surface area (TPSA) is 121 Å². The van der Waals surface area contributed by atoms with Crippen molar-refractivity contribution in [3.8, 4) is 5.75 Å². The van der Waals surface area contributed by atoms with Gasteiger partial charge in [-0.25, -0.2) is 9.50 Å². The monoisotopic (exact) mass is 588 g/mol. The molecule has 0 spiro atoms. The first-order valence-electron chi connectivity index (χ1n) is 14.2. The molecule has 1 fully saturated rings. The lowest BCUT2D eigenvalue weighted by molar-refractivity contribution is -0.127. The second-order valence-electron chi connectivity index (χ2n) is 11.1. The third-order valence-corrected chi connectivity index (χ3v) is 9.05. The fraction of sp³-hybridized carbons (Fsp3) is 0.400. The number of likely N-dealkylation sites (N-methyl/N-ethyl adjacent to an activating group) is 1. The van der Waals surface area contributed by atoms with E-state index in [0.29, 0.717) is 42.7 Å². The van der Waals surface area contributed by atoms with Crippen LogP contribution in [0.5, 0.6) is 5.75 Å². The first-order chi connectivity index (χ1) is 20.3. The van der Waals surface area contributed by atoms with Crippen molar-refractivity contribution in [1.82, 2.24) is 29.7 Å². The van der Waals surface area contributed by atoms with E-state index in [0.717, 1.165) is 58.5 Å². The molecule has 1 aromatic carbocycles. The maximum atomic E-state index is 13.7. The Kier molecular flexibility index (Phi) is 7.74. The third kappa shape index (κ3) is 5.39. The molecule has 0 aliphatic carbocycles. The number of nitrogens with one attached hydrogen (secondary N) is 1. The highest BCUT2D eigenvalue weighted by Gasteiger charge is 2.29. The molecule has 0 saturated carbocycles. The van der Waals surface area contributed by atoms with Crippen LogP contribution in [0, 0.1) is 0 Å². The molecule has 0 bridgehead atoms. The number of fused-ring (bicyclic) bond motifs is 2. The number of hydrogen-bond donors (Lipinski definition) is 2. The zero-order valence-electron chi connectivity index (χ0n) is 24.2. The molecule has 11 nitrogen and oxygen atoms in total. The van der Waals surface area contributed by atoms with Gasteiger partial charge in [0.05, 0.1) is 11.4 Å². The number of amides is 2. The maximum Gasteiger partial charge on any atom is 0.265 e. The molecule has 5 heterocycles. The van der Waals surface area contributed by atoms with E-state index in [4.69, 9.17) is 10.5 Å². The van der Waals surface area contributed by atoms with Crippen LogP contribution in [0.4, 0.5) is 11.5 Å². The van der Waals surface area contributed by atoms with E-state index in [1.54, 1.807) is 11.8 Å². The average molecular weight is 589 g/mol. The molecule has 42 heavy (non-hydrogen) atoms. The predicted molar refractivity (Wildman–Crippen MR) is 166 cm³/mol. The molecule has 2 amide bonds. The van der Waals surface area contributed by atoms with Gasteiger partial charge in [0.2, 0.25) is 5.91 Å². The van der Waals surface area contributed by atoms with Gasteiger partial charge in [-0.2, -0.15) is 5.10 Å². The van der Waals surface area contributed by atoms with Gasteiger partial charge < -0.3 is 30.5 Å². The van der Waals surface area contributed by atoms with Crippen molar-refractivity contribution in [3.63, 3.8) is 0 Å². The molecule has 220 valence electrons. The largest absolute Gasteiger partial charge is 0.490 e. The molecule has 1 atom stereocenters. The summed E-state index contributed by atoms with van der Waals surface area (Å²) < 4.78 is 9.03. The second kappa shape index (κ2) is 11.6.